The Balaban J connectivity index is 0.000000755. The Morgan fingerprint density at radius 3 is 2.41 bits per heavy atom. The van der Waals surface area contributed by atoms with Crippen LogP contribution < -0.4 is 10.5 Å². The molecule has 0 radical (unpaired) electrons. The summed E-state index contributed by atoms with van der Waals surface area (Å²) in [5.74, 6) is 0.530. The molecule has 3 N–H and O–H groups in total. The average Bonchev–Trinajstić information content (AvgIpc) is 2.73. The molecule has 1 unspecified atom stereocenters. The van der Waals surface area contributed by atoms with Gasteiger partial charge in [-0.1, -0.05) is 56.7 Å². The van der Waals surface area contributed by atoms with E-state index in [0.29, 0.717) is 18.2 Å². The summed E-state index contributed by atoms with van der Waals surface area (Å²) >= 11 is 0. The predicted molar refractivity (Wildman–Crippen MR) is 122 cm³/mol. The first-order valence-electron chi connectivity index (χ1n) is 10.3. The molecule has 0 saturated carbocycles. The third kappa shape index (κ3) is 5.17. The van der Waals surface area contributed by atoms with Gasteiger partial charge in [0, 0.05) is 5.69 Å². The molecule has 0 amide bonds. The van der Waals surface area contributed by atoms with Gasteiger partial charge in [0.05, 0.1) is 4.90 Å². The van der Waals surface area contributed by atoms with Crippen molar-refractivity contribution in [3.05, 3.63) is 71.8 Å². The number of hydrogen-bond acceptors (Lipinski definition) is 3. The van der Waals surface area contributed by atoms with Crippen LogP contribution in [0.15, 0.2) is 65.6 Å². The highest BCUT2D eigenvalue weighted by molar-refractivity contribution is 7.92. The van der Waals surface area contributed by atoms with E-state index in [1.54, 1.807) is 12.1 Å². The van der Waals surface area contributed by atoms with E-state index < -0.39 is 10.0 Å². The number of nitrogens with one attached hydrogen (secondary N) is 1. The lowest BCUT2D eigenvalue weighted by atomic mass is 9.84. The van der Waals surface area contributed by atoms with Gasteiger partial charge in [0.15, 0.2) is 0 Å². The molecular weight excluding hydrogens is 380 g/mol. The number of hydrogen-bond donors (Lipinski definition) is 2. The summed E-state index contributed by atoms with van der Waals surface area (Å²) in [7, 11) is -3.62. The van der Waals surface area contributed by atoms with Crippen molar-refractivity contribution in [2.75, 3.05) is 11.3 Å². The van der Waals surface area contributed by atoms with Gasteiger partial charge < -0.3 is 5.73 Å². The van der Waals surface area contributed by atoms with Crippen LogP contribution >= 0.6 is 0 Å². The van der Waals surface area contributed by atoms with Crippen molar-refractivity contribution in [2.45, 2.75) is 44.4 Å². The molecule has 4 rings (SSSR count). The third-order valence-electron chi connectivity index (χ3n) is 5.15. The largest absolute Gasteiger partial charge is 0.330 e. The molecule has 1 atom stereocenters. The number of aryl methyl sites for hydroxylation is 1. The lowest BCUT2D eigenvalue weighted by Crippen LogP contribution is -2.22. The molecule has 3 aromatic carbocycles. The minimum atomic E-state index is -3.62. The van der Waals surface area contributed by atoms with E-state index in [2.05, 4.69) is 18.6 Å². The van der Waals surface area contributed by atoms with Crippen LogP contribution in [0, 0.1) is 5.92 Å². The molecule has 1 aliphatic rings. The lowest BCUT2D eigenvalue weighted by Gasteiger charge is -2.24. The van der Waals surface area contributed by atoms with Gasteiger partial charge in [0.1, 0.15) is 0 Å². The smallest absolute Gasteiger partial charge is 0.261 e. The normalized spacial score (nSPS) is 15.9. The lowest BCUT2D eigenvalue weighted by molar-refractivity contribution is 0.469. The SMILES string of the molecule is CCC.NCC1CCc2cc(NS(=O)(=O)c3ccc4ccccc4c3)ccc2C1. The minimum Gasteiger partial charge on any atom is -0.330 e. The maximum absolute atomic E-state index is 12.8. The van der Waals surface area contributed by atoms with Gasteiger partial charge in [-0.05, 0) is 77.9 Å². The standard InChI is InChI=1S/C21H22N2O2S.C3H8/c22-14-15-5-6-19-12-20(9-7-18(19)11-15)23-26(24,25)21-10-8-16-3-1-2-4-17(16)13-21;1-3-2/h1-4,7-10,12-13,15,23H,5-6,11,14,22H2;3H2,1-2H3. The second kappa shape index (κ2) is 9.42. The molecule has 0 fully saturated rings. The Morgan fingerprint density at radius 1 is 0.966 bits per heavy atom. The van der Waals surface area contributed by atoms with Gasteiger partial charge in [-0.25, -0.2) is 8.42 Å². The molecule has 0 bridgehead atoms. The van der Waals surface area contributed by atoms with Crippen molar-refractivity contribution in [1.29, 1.82) is 0 Å². The van der Waals surface area contributed by atoms with Crippen molar-refractivity contribution in [3.8, 4) is 0 Å². The predicted octanol–water partition coefficient (Wildman–Crippen LogP) is 5.12. The maximum Gasteiger partial charge on any atom is 0.261 e. The first kappa shape index (κ1) is 21.3. The highest BCUT2D eigenvalue weighted by Gasteiger charge is 2.19. The van der Waals surface area contributed by atoms with Gasteiger partial charge in [0.25, 0.3) is 10.0 Å². The van der Waals surface area contributed by atoms with E-state index in [0.717, 1.165) is 30.0 Å². The summed E-state index contributed by atoms with van der Waals surface area (Å²) in [4.78, 5) is 0.275. The molecule has 0 aliphatic heterocycles. The summed E-state index contributed by atoms with van der Waals surface area (Å²) in [6.07, 6.45) is 4.23. The van der Waals surface area contributed by atoms with Crippen LogP contribution in [-0.4, -0.2) is 15.0 Å². The van der Waals surface area contributed by atoms with Crippen LogP contribution in [0.25, 0.3) is 10.8 Å². The number of sulfonamides is 1. The zero-order valence-electron chi connectivity index (χ0n) is 17.2. The fraction of sp³-hybridized carbons (Fsp3) is 0.333. The number of fused-ring (bicyclic) bond motifs is 2. The maximum atomic E-state index is 12.8. The average molecular weight is 411 g/mol. The molecule has 154 valence electrons. The quantitative estimate of drug-likeness (QED) is 0.627. The zero-order chi connectivity index (χ0) is 20.9. The molecule has 1 aliphatic carbocycles. The minimum absolute atomic E-state index is 0.275. The number of nitrogens with two attached hydrogens (primary N) is 1. The Labute approximate surface area is 174 Å². The second-order valence-corrected chi connectivity index (χ2v) is 9.33. The van der Waals surface area contributed by atoms with Gasteiger partial charge in [-0.3, -0.25) is 4.72 Å². The van der Waals surface area contributed by atoms with Crippen LogP contribution in [0.4, 0.5) is 5.69 Å². The molecule has 29 heavy (non-hydrogen) atoms. The fourth-order valence-corrected chi connectivity index (χ4v) is 4.73. The van der Waals surface area contributed by atoms with Crippen molar-refractivity contribution >= 4 is 26.5 Å². The highest BCUT2D eigenvalue weighted by Crippen LogP contribution is 2.28. The van der Waals surface area contributed by atoms with Gasteiger partial charge in [-0.2, -0.15) is 0 Å². The zero-order valence-corrected chi connectivity index (χ0v) is 18.0. The van der Waals surface area contributed by atoms with Crippen LogP contribution in [-0.2, 0) is 22.9 Å². The Bertz CT molecular complexity index is 1080. The van der Waals surface area contributed by atoms with Gasteiger partial charge in [-0.15, -0.1) is 0 Å². The van der Waals surface area contributed by atoms with Crippen LogP contribution in [0.5, 0.6) is 0 Å². The third-order valence-corrected chi connectivity index (χ3v) is 6.53. The fourth-order valence-electron chi connectivity index (χ4n) is 3.64. The molecule has 0 saturated heterocycles. The Kier molecular flexibility index (Phi) is 6.93. The molecular formula is C24H30N2O2S. The van der Waals surface area contributed by atoms with Gasteiger partial charge in [0.2, 0.25) is 0 Å². The van der Waals surface area contributed by atoms with Crippen molar-refractivity contribution in [2.24, 2.45) is 11.7 Å². The second-order valence-electron chi connectivity index (χ2n) is 7.65. The van der Waals surface area contributed by atoms with E-state index in [9.17, 15) is 8.42 Å². The first-order valence-corrected chi connectivity index (χ1v) is 11.8. The van der Waals surface area contributed by atoms with E-state index in [1.165, 1.54) is 17.5 Å². The summed E-state index contributed by atoms with van der Waals surface area (Å²) in [6.45, 7) is 4.95. The Hall–Kier alpha value is -2.37. The van der Waals surface area contributed by atoms with Crippen LogP contribution in [0.2, 0.25) is 0 Å². The van der Waals surface area contributed by atoms with Crippen LogP contribution in [0.3, 0.4) is 0 Å². The monoisotopic (exact) mass is 410 g/mol. The molecule has 3 aromatic rings. The van der Waals surface area contributed by atoms with E-state index in [-0.39, 0.29) is 4.90 Å². The van der Waals surface area contributed by atoms with Crippen molar-refractivity contribution < 1.29 is 8.42 Å². The number of anilines is 1. The number of benzene rings is 3. The van der Waals surface area contributed by atoms with Crippen LogP contribution in [0.1, 0.15) is 37.8 Å². The van der Waals surface area contributed by atoms with Crippen molar-refractivity contribution in [3.63, 3.8) is 0 Å². The topological polar surface area (TPSA) is 72.2 Å². The Morgan fingerprint density at radius 2 is 1.69 bits per heavy atom. The molecule has 0 spiro atoms. The highest BCUT2D eigenvalue weighted by atomic mass is 32.2. The van der Waals surface area contributed by atoms with Gasteiger partial charge >= 0.3 is 0 Å². The van der Waals surface area contributed by atoms with E-state index >= 15 is 0 Å². The van der Waals surface area contributed by atoms with E-state index in [1.807, 2.05) is 48.5 Å². The summed E-state index contributed by atoms with van der Waals surface area (Å²) < 4.78 is 28.3. The summed E-state index contributed by atoms with van der Waals surface area (Å²) in [5.41, 5.74) is 8.89. The molecule has 4 nitrogen and oxygen atoms in total. The first-order chi connectivity index (χ1) is 14.0. The summed E-state index contributed by atoms with van der Waals surface area (Å²) in [6, 6.07) is 18.8. The number of rotatable bonds is 4. The molecule has 0 aromatic heterocycles. The van der Waals surface area contributed by atoms with E-state index in [4.69, 9.17) is 5.73 Å². The molecule has 5 heteroatoms. The molecule has 0 heterocycles. The van der Waals surface area contributed by atoms with Crippen molar-refractivity contribution in [1.82, 2.24) is 0 Å². The summed E-state index contributed by atoms with van der Waals surface area (Å²) in [5, 5.41) is 1.93.